The van der Waals surface area contributed by atoms with E-state index in [4.69, 9.17) is 10.5 Å². The van der Waals surface area contributed by atoms with E-state index in [1.807, 2.05) is 6.92 Å². The number of thioether (sulfide) groups is 1. The van der Waals surface area contributed by atoms with Crippen LogP contribution in [0.2, 0.25) is 0 Å². The van der Waals surface area contributed by atoms with Crippen molar-refractivity contribution < 1.29 is 9.13 Å². The van der Waals surface area contributed by atoms with Crippen LogP contribution in [0.4, 0.5) is 10.1 Å². The third-order valence-corrected chi connectivity index (χ3v) is 2.44. The molecule has 72 valence electrons. The Balaban J connectivity index is 2.56. The molecule has 0 aliphatic carbocycles. The second-order valence-corrected chi connectivity index (χ2v) is 3.40. The average molecular weight is 201 g/mol. The average Bonchev–Trinajstić information content (AvgIpc) is 2.09. The van der Waals surface area contributed by atoms with Gasteiger partial charge in [-0.1, -0.05) is 11.8 Å². The van der Waals surface area contributed by atoms with E-state index >= 15 is 0 Å². The fourth-order valence-electron chi connectivity index (χ4n) is 0.839. The van der Waals surface area contributed by atoms with Crippen molar-refractivity contribution in [3.8, 4) is 0 Å². The highest BCUT2D eigenvalue weighted by atomic mass is 32.2. The molecule has 4 heteroatoms. The van der Waals surface area contributed by atoms with Crippen LogP contribution in [0, 0.1) is 5.82 Å². The highest BCUT2D eigenvalue weighted by Crippen LogP contribution is 2.25. The molecule has 0 heterocycles. The van der Waals surface area contributed by atoms with Crippen LogP contribution in [0.15, 0.2) is 23.1 Å². The van der Waals surface area contributed by atoms with E-state index in [0.29, 0.717) is 18.2 Å². The molecule has 2 nitrogen and oxygen atoms in total. The van der Waals surface area contributed by atoms with Gasteiger partial charge >= 0.3 is 0 Å². The number of rotatable bonds is 4. The molecule has 0 amide bonds. The van der Waals surface area contributed by atoms with Crippen molar-refractivity contribution in [3.05, 3.63) is 24.0 Å². The third kappa shape index (κ3) is 3.24. The molecule has 0 aliphatic heterocycles. The molecule has 0 saturated carbocycles. The van der Waals surface area contributed by atoms with Crippen molar-refractivity contribution in [2.75, 3.05) is 18.3 Å². The summed E-state index contributed by atoms with van der Waals surface area (Å²) in [5.74, 6) is 0.241. The van der Waals surface area contributed by atoms with Crippen LogP contribution in [0.3, 0.4) is 0 Å². The quantitative estimate of drug-likeness (QED) is 0.352. The number of nitrogens with two attached hydrogens (primary N) is 1. The Bertz CT molecular complexity index is 280. The maximum absolute atomic E-state index is 12.6. The lowest BCUT2D eigenvalue weighted by Crippen LogP contribution is -1.92. The lowest BCUT2D eigenvalue weighted by atomic mass is 10.3. The number of ether oxygens (including phenoxy) is 1. The summed E-state index contributed by atoms with van der Waals surface area (Å²) in [7, 11) is 0. The van der Waals surface area contributed by atoms with Crippen molar-refractivity contribution in [1.29, 1.82) is 0 Å². The normalized spacial score (nSPS) is 10.3. The van der Waals surface area contributed by atoms with Gasteiger partial charge in [-0.3, -0.25) is 0 Å². The zero-order valence-electron chi connectivity index (χ0n) is 7.42. The standard InChI is InChI=1S/C9H12FNOS/c1-2-12-6-13-9-4-3-7(10)5-8(9)11/h3-5H,2,6,11H2,1H3. The summed E-state index contributed by atoms with van der Waals surface area (Å²) in [5.41, 5.74) is 6.05. The van der Waals surface area contributed by atoms with Crippen LogP contribution in [0.1, 0.15) is 6.92 Å². The van der Waals surface area contributed by atoms with Gasteiger partial charge in [0.25, 0.3) is 0 Å². The van der Waals surface area contributed by atoms with Gasteiger partial charge in [-0.05, 0) is 25.1 Å². The van der Waals surface area contributed by atoms with Crippen LogP contribution in [0.25, 0.3) is 0 Å². The largest absolute Gasteiger partial charge is 0.398 e. The molecule has 0 saturated heterocycles. The van der Waals surface area contributed by atoms with E-state index in [2.05, 4.69) is 0 Å². The fraction of sp³-hybridized carbons (Fsp3) is 0.333. The van der Waals surface area contributed by atoms with Crippen LogP contribution < -0.4 is 5.73 Å². The van der Waals surface area contributed by atoms with E-state index in [0.717, 1.165) is 4.90 Å². The minimum Gasteiger partial charge on any atom is -0.398 e. The predicted octanol–water partition coefficient (Wildman–Crippen LogP) is 2.49. The number of anilines is 1. The van der Waals surface area contributed by atoms with Crippen LogP contribution in [-0.4, -0.2) is 12.5 Å². The summed E-state index contributed by atoms with van der Waals surface area (Å²) in [5, 5.41) is 0. The second-order valence-electron chi connectivity index (χ2n) is 2.44. The monoisotopic (exact) mass is 201 g/mol. The topological polar surface area (TPSA) is 35.2 Å². The van der Waals surface area contributed by atoms with Gasteiger partial charge in [0.15, 0.2) is 0 Å². The Labute approximate surface area is 81.3 Å². The zero-order valence-corrected chi connectivity index (χ0v) is 8.23. The van der Waals surface area contributed by atoms with Gasteiger partial charge in [-0.2, -0.15) is 0 Å². The molecule has 1 rings (SSSR count). The first-order valence-electron chi connectivity index (χ1n) is 3.99. The third-order valence-electron chi connectivity index (χ3n) is 1.47. The molecule has 0 spiro atoms. The zero-order chi connectivity index (χ0) is 9.68. The van der Waals surface area contributed by atoms with Crippen molar-refractivity contribution >= 4 is 17.4 Å². The predicted molar refractivity (Wildman–Crippen MR) is 53.2 cm³/mol. The molecule has 0 atom stereocenters. The van der Waals surface area contributed by atoms with E-state index in [1.54, 1.807) is 6.07 Å². The Morgan fingerprint density at radius 3 is 2.92 bits per heavy atom. The molecule has 13 heavy (non-hydrogen) atoms. The van der Waals surface area contributed by atoms with E-state index in [-0.39, 0.29) is 5.82 Å². The summed E-state index contributed by atoms with van der Waals surface area (Å²) in [6.45, 7) is 2.60. The Morgan fingerprint density at radius 2 is 2.31 bits per heavy atom. The highest BCUT2D eigenvalue weighted by Gasteiger charge is 2.00. The Hall–Kier alpha value is -0.740. The highest BCUT2D eigenvalue weighted by molar-refractivity contribution is 7.99. The number of benzene rings is 1. The number of nitrogen functional groups attached to an aromatic ring is 1. The number of hydrogen-bond acceptors (Lipinski definition) is 3. The maximum atomic E-state index is 12.6. The number of halogens is 1. The summed E-state index contributed by atoms with van der Waals surface area (Å²) in [6, 6.07) is 4.37. The second kappa shape index (κ2) is 5.09. The smallest absolute Gasteiger partial charge is 0.125 e. The first kappa shape index (κ1) is 10.3. The van der Waals surface area contributed by atoms with Gasteiger partial charge in [0.2, 0.25) is 0 Å². The van der Waals surface area contributed by atoms with Crippen LogP contribution in [0.5, 0.6) is 0 Å². The molecule has 0 radical (unpaired) electrons. The molecule has 0 aliphatic rings. The van der Waals surface area contributed by atoms with Gasteiger partial charge in [-0.15, -0.1) is 0 Å². The maximum Gasteiger partial charge on any atom is 0.125 e. The first-order valence-corrected chi connectivity index (χ1v) is 4.98. The minimum atomic E-state index is -0.307. The first-order chi connectivity index (χ1) is 6.24. The van der Waals surface area contributed by atoms with Crippen LogP contribution >= 0.6 is 11.8 Å². The van der Waals surface area contributed by atoms with Gasteiger partial charge < -0.3 is 10.5 Å². The molecule has 0 aromatic heterocycles. The molecule has 2 N–H and O–H groups in total. The molecule has 0 unspecified atom stereocenters. The van der Waals surface area contributed by atoms with Crippen molar-refractivity contribution in [1.82, 2.24) is 0 Å². The molecular weight excluding hydrogens is 189 g/mol. The molecular formula is C9H12FNOS. The number of hydrogen-bond donors (Lipinski definition) is 1. The molecule has 0 fully saturated rings. The van der Waals surface area contributed by atoms with Gasteiger partial charge in [0.1, 0.15) is 5.82 Å². The van der Waals surface area contributed by atoms with Gasteiger partial charge in [-0.25, -0.2) is 4.39 Å². The van der Waals surface area contributed by atoms with E-state index in [9.17, 15) is 4.39 Å². The van der Waals surface area contributed by atoms with E-state index < -0.39 is 0 Å². The van der Waals surface area contributed by atoms with E-state index in [1.165, 1.54) is 23.9 Å². The van der Waals surface area contributed by atoms with Gasteiger partial charge in [0, 0.05) is 17.2 Å². The summed E-state index contributed by atoms with van der Waals surface area (Å²) in [4.78, 5) is 0.856. The molecule has 0 bridgehead atoms. The van der Waals surface area contributed by atoms with Gasteiger partial charge in [0.05, 0.1) is 5.94 Å². The Morgan fingerprint density at radius 1 is 1.54 bits per heavy atom. The lowest BCUT2D eigenvalue weighted by Gasteiger charge is -2.04. The van der Waals surface area contributed by atoms with Crippen molar-refractivity contribution in [2.24, 2.45) is 0 Å². The summed E-state index contributed by atoms with van der Waals surface area (Å²) >= 11 is 1.47. The lowest BCUT2D eigenvalue weighted by molar-refractivity contribution is 0.199. The van der Waals surface area contributed by atoms with Crippen molar-refractivity contribution in [3.63, 3.8) is 0 Å². The summed E-state index contributed by atoms with van der Waals surface area (Å²) < 4.78 is 17.8. The molecule has 1 aromatic rings. The van der Waals surface area contributed by atoms with Crippen molar-refractivity contribution in [2.45, 2.75) is 11.8 Å². The van der Waals surface area contributed by atoms with Crippen LogP contribution in [-0.2, 0) is 4.74 Å². The Kier molecular flexibility index (Phi) is 4.05. The molecule has 1 aromatic carbocycles. The SMILES string of the molecule is CCOCSc1ccc(F)cc1N. The summed E-state index contributed by atoms with van der Waals surface area (Å²) in [6.07, 6.45) is 0. The minimum absolute atomic E-state index is 0.307. The fourth-order valence-corrected chi connectivity index (χ4v) is 1.61.